The second-order valence-corrected chi connectivity index (χ2v) is 8.77. The highest BCUT2D eigenvalue weighted by Crippen LogP contribution is 2.27. The van der Waals surface area contributed by atoms with E-state index in [1.165, 1.54) is 11.1 Å². The molecule has 5 nitrogen and oxygen atoms in total. The summed E-state index contributed by atoms with van der Waals surface area (Å²) < 4.78 is 11.0. The molecule has 4 rings (SSSR count). The number of fused-ring (bicyclic) bond motifs is 1. The molecule has 0 N–H and O–H groups in total. The van der Waals surface area contributed by atoms with Gasteiger partial charge in [-0.05, 0) is 55.0 Å². The predicted molar refractivity (Wildman–Crippen MR) is 123 cm³/mol. The molecule has 0 saturated carbocycles. The Bertz CT molecular complexity index is 898. The summed E-state index contributed by atoms with van der Waals surface area (Å²) >= 11 is 6.11. The lowest BCUT2D eigenvalue weighted by molar-refractivity contribution is 0.0277. The smallest absolute Gasteiger partial charge is 0.257 e. The molecule has 1 amide bonds. The largest absolute Gasteiger partial charge is 0.496 e. The molecule has 0 spiro atoms. The standard InChI is InChI=1S/C25H31ClN2O3/c1-30-24-17-21(26)7-8-23(24)25(29)28(22-10-15-31-16-11-22)13-4-12-27-14-9-19-5-2-3-6-20(19)18-27/h2-3,5-8,17,22H,4,9-16,18H2,1H3. The molecule has 0 aromatic heterocycles. The minimum atomic E-state index is 0.0180. The van der Waals surface area contributed by atoms with Crippen LogP contribution in [0.3, 0.4) is 0 Å². The lowest BCUT2D eigenvalue weighted by atomic mass is 10.00. The van der Waals surface area contributed by atoms with Gasteiger partial charge in [0, 0.05) is 50.5 Å². The van der Waals surface area contributed by atoms with Gasteiger partial charge < -0.3 is 14.4 Å². The molecule has 2 aliphatic heterocycles. The van der Waals surface area contributed by atoms with Crippen LogP contribution >= 0.6 is 11.6 Å². The molecule has 31 heavy (non-hydrogen) atoms. The molecule has 2 aromatic carbocycles. The SMILES string of the molecule is COc1cc(Cl)ccc1C(=O)N(CCCN1CCc2ccccc2C1)C1CCOCC1. The number of amides is 1. The van der Waals surface area contributed by atoms with Crippen LogP contribution in [-0.4, -0.2) is 61.7 Å². The van der Waals surface area contributed by atoms with Gasteiger partial charge in [0.05, 0.1) is 12.7 Å². The molecule has 0 bridgehead atoms. The molecule has 1 fully saturated rings. The number of benzene rings is 2. The minimum absolute atomic E-state index is 0.0180. The van der Waals surface area contributed by atoms with E-state index in [1.807, 2.05) is 4.90 Å². The van der Waals surface area contributed by atoms with Crippen molar-refractivity contribution in [2.24, 2.45) is 0 Å². The van der Waals surface area contributed by atoms with Crippen molar-refractivity contribution in [1.29, 1.82) is 0 Å². The molecule has 6 heteroatoms. The molecular formula is C25H31ClN2O3. The first-order chi connectivity index (χ1) is 15.2. The van der Waals surface area contributed by atoms with Crippen molar-refractivity contribution < 1.29 is 14.3 Å². The van der Waals surface area contributed by atoms with Crippen LogP contribution in [-0.2, 0) is 17.7 Å². The first-order valence-electron chi connectivity index (χ1n) is 11.2. The average molecular weight is 443 g/mol. The molecule has 2 heterocycles. The molecule has 1 saturated heterocycles. The Morgan fingerprint density at radius 2 is 1.97 bits per heavy atom. The van der Waals surface area contributed by atoms with Gasteiger partial charge >= 0.3 is 0 Å². The third kappa shape index (κ3) is 5.40. The third-order valence-electron chi connectivity index (χ3n) is 6.37. The quantitative estimate of drug-likeness (QED) is 0.636. The van der Waals surface area contributed by atoms with E-state index < -0.39 is 0 Å². The van der Waals surface area contributed by atoms with Crippen molar-refractivity contribution in [3.8, 4) is 5.75 Å². The number of ether oxygens (including phenoxy) is 2. The number of methoxy groups -OCH3 is 1. The van der Waals surface area contributed by atoms with Crippen molar-refractivity contribution in [2.45, 2.75) is 38.3 Å². The highest BCUT2D eigenvalue weighted by molar-refractivity contribution is 6.30. The van der Waals surface area contributed by atoms with E-state index in [4.69, 9.17) is 21.1 Å². The van der Waals surface area contributed by atoms with Gasteiger partial charge in [0.2, 0.25) is 0 Å². The van der Waals surface area contributed by atoms with Crippen LogP contribution in [0, 0.1) is 0 Å². The van der Waals surface area contributed by atoms with Gasteiger partial charge in [-0.15, -0.1) is 0 Å². The normalized spacial score (nSPS) is 17.2. The number of carbonyl (C=O) groups excluding carboxylic acids is 1. The molecule has 2 aromatic rings. The van der Waals surface area contributed by atoms with Gasteiger partial charge in [-0.2, -0.15) is 0 Å². The Morgan fingerprint density at radius 1 is 1.19 bits per heavy atom. The summed E-state index contributed by atoms with van der Waals surface area (Å²) in [5.41, 5.74) is 3.47. The fourth-order valence-electron chi connectivity index (χ4n) is 4.65. The van der Waals surface area contributed by atoms with E-state index in [2.05, 4.69) is 29.2 Å². The molecule has 2 aliphatic rings. The van der Waals surface area contributed by atoms with Gasteiger partial charge in [-0.3, -0.25) is 9.69 Å². The molecule has 0 aliphatic carbocycles. The number of rotatable bonds is 7. The van der Waals surface area contributed by atoms with E-state index in [-0.39, 0.29) is 11.9 Å². The van der Waals surface area contributed by atoms with Crippen molar-refractivity contribution in [3.63, 3.8) is 0 Å². The fourth-order valence-corrected chi connectivity index (χ4v) is 4.81. The Hall–Kier alpha value is -2.08. The van der Waals surface area contributed by atoms with Gasteiger partial charge in [0.15, 0.2) is 0 Å². The Labute approximate surface area is 189 Å². The zero-order chi connectivity index (χ0) is 21.6. The summed E-state index contributed by atoms with van der Waals surface area (Å²) in [5, 5.41) is 0.566. The minimum Gasteiger partial charge on any atom is -0.496 e. The zero-order valence-electron chi connectivity index (χ0n) is 18.2. The van der Waals surface area contributed by atoms with Crippen LogP contribution in [0.15, 0.2) is 42.5 Å². The van der Waals surface area contributed by atoms with E-state index in [9.17, 15) is 4.79 Å². The van der Waals surface area contributed by atoms with Gasteiger partial charge in [-0.25, -0.2) is 0 Å². The number of hydrogen-bond acceptors (Lipinski definition) is 4. The van der Waals surface area contributed by atoms with E-state index in [1.54, 1.807) is 25.3 Å². The average Bonchev–Trinajstić information content (AvgIpc) is 2.82. The summed E-state index contributed by atoms with van der Waals surface area (Å²) in [6.45, 7) is 5.19. The van der Waals surface area contributed by atoms with Crippen molar-refractivity contribution in [1.82, 2.24) is 9.80 Å². The Balaban J connectivity index is 1.43. The maximum absolute atomic E-state index is 13.5. The van der Waals surface area contributed by atoms with Crippen molar-refractivity contribution in [3.05, 3.63) is 64.2 Å². The number of halogens is 1. The van der Waals surface area contributed by atoms with Crippen molar-refractivity contribution in [2.75, 3.05) is 40.0 Å². The molecule has 0 radical (unpaired) electrons. The van der Waals surface area contributed by atoms with Crippen molar-refractivity contribution >= 4 is 17.5 Å². The van der Waals surface area contributed by atoms with E-state index in [0.717, 1.165) is 51.9 Å². The topological polar surface area (TPSA) is 42.0 Å². The number of hydrogen-bond donors (Lipinski definition) is 0. The van der Waals surface area contributed by atoms with Crippen LogP contribution in [0.1, 0.15) is 40.7 Å². The number of nitrogens with zero attached hydrogens (tertiary/aromatic N) is 2. The van der Waals surface area contributed by atoms with E-state index >= 15 is 0 Å². The molecule has 0 unspecified atom stereocenters. The van der Waals surface area contributed by atoms with Crippen LogP contribution in [0.5, 0.6) is 5.75 Å². The van der Waals surface area contributed by atoms with Gasteiger partial charge in [0.25, 0.3) is 5.91 Å². The molecule has 0 atom stereocenters. The summed E-state index contributed by atoms with van der Waals surface area (Å²) in [6.07, 6.45) is 3.79. The van der Waals surface area contributed by atoms with E-state index in [0.29, 0.717) is 29.5 Å². The van der Waals surface area contributed by atoms with Gasteiger partial charge in [-0.1, -0.05) is 35.9 Å². The second-order valence-electron chi connectivity index (χ2n) is 8.34. The monoisotopic (exact) mass is 442 g/mol. The summed E-state index contributed by atoms with van der Waals surface area (Å²) in [6, 6.07) is 14.1. The summed E-state index contributed by atoms with van der Waals surface area (Å²) in [5.74, 6) is 0.548. The highest BCUT2D eigenvalue weighted by Gasteiger charge is 2.28. The highest BCUT2D eigenvalue weighted by atomic mass is 35.5. The zero-order valence-corrected chi connectivity index (χ0v) is 18.9. The molecule has 166 valence electrons. The van der Waals surface area contributed by atoms with Crippen LogP contribution in [0.25, 0.3) is 0 Å². The third-order valence-corrected chi connectivity index (χ3v) is 6.60. The van der Waals surface area contributed by atoms with Crippen LogP contribution < -0.4 is 4.74 Å². The second kappa shape index (κ2) is 10.5. The Morgan fingerprint density at radius 3 is 2.74 bits per heavy atom. The Kier molecular flexibility index (Phi) is 7.49. The lowest BCUT2D eigenvalue weighted by Gasteiger charge is -2.36. The van der Waals surface area contributed by atoms with Crippen LogP contribution in [0.2, 0.25) is 5.02 Å². The summed E-state index contributed by atoms with van der Waals surface area (Å²) in [4.78, 5) is 18.1. The van der Waals surface area contributed by atoms with Crippen LogP contribution in [0.4, 0.5) is 0 Å². The predicted octanol–water partition coefficient (Wildman–Crippen LogP) is 4.42. The number of carbonyl (C=O) groups is 1. The maximum Gasteiger partial charge on any atom is 0.257 e. The maximum atomic E-state index is 13.5. The lowest BCUT2D eigenvalue weighted by Crippen LogP contribution is -2.45. The first kappa shape index (κ1) is 22.1. The first-order valence-corrected chi connectivity index (χ1v) is 11.5. The summed E-state index contributed by atoms with van der Waals surface area (Å²) in [7, 11) is 1.58. The van der Waals surface area contributed by atoms with Gasteiger partial charge in [0.1, 0.15) is 5.75 Å². The fraction of sp³-hybridized carbons (Fsp3) is 0.480. The molecular weight excluding hydrogens is 412 g/mol.